The standard InChI is InChI=1S/C19H25N3O2/c1-12-5-4-6-13(2)18(12)19(24)21-15-7-8-17-16(11-15)20-14(3)22(17)9-10-23/h4-6,15,23H,7-11H2,1-3H3,(H,21,24)/t15-/m0/s1. The van der Waals surface area contributed by atoms with Gasteiger partial charge in [-0.3, -0.25) is 4.79 Å². The van der Waals surface area contributed by atoms with Crippen LogP contribution in [0.15, 0.2) is 18.2 Å². The molecule has 24 heavy (non-hydrogen) atoms. The van der Waals surface area contributed by atoms with Gasteiger partial charge < -0.3 is 15.0 Å². The summed E-state index contributed by atoms with van der Waals surface area (Å²) >= 11 is 0. The van der Waals surface area contributed by atoms with E-state index in [9.17, 15) is 9.90 Å². The summed E-state index contributed by atoms with van der Waals surface area (Å²) < 4.78 is 2.10. The van der Waals surface area contributed by atoms with E-state index in [-0.39, 0.29) is 18.6 Å². The molecule has 2 aromatic rings. The molecule has 5 nitrogen and oxygen atoms in total. The zero-order valence-corrected chi connectivity index (χ0v) is 14.6. The normalized spacial score (nSPS) is 16.8. The molecule has 0 bridgehead atoms. The summed E-state index contributed by atoms with van der Waals surface area (Å²) in [6, 6.07) is 6.04. The largest absolute Gasteiger partial charge is 0.395 e. The van der Waals surface area contributed by atoms with Crippen LogP contribution in [0.2, 0.25) is 0 Å². The number of imidazole rings is 1. The maximum atomic E-state index is 12.7. The minimum absolute atomic E-state index is 0.00515. The minimum atomic E-state index is 0.00515. The third kappa shape index (κ3) is 3.08. The summed E-state index contributed by atoms with van der Waals surface area (Å²) in [5.74, 6) is 0.946. The lowest BCUT2D eigenvalue weighted by molar-refractivity contribution is 0.0932. The average molecular weight is 327 g/mol. The van der Waals surface area contributed by atoms with E-state index < -0.39 is 0 Å². The van der Waals surface area contributed by atoms with Gasteiger partial charge in [0.15, 0.2) is 0 Å². The number of aryl methyl sites for hydroxylation is 3. The molecular weight excluding hydrogens is 302 g/mol. The highest BCUT2D eigenvalue weighted by molar-refractivity contribution is 5.97. The van der Waals surface area contributed by atoms with E-state index in [2.05, 4.69) is 14.9 Å². The van der Waals surface area contributed by atoms with Crippen molar-refractivity contribution in [3.8, 4) is 0 Å². The van der Waals surface area contributed by atoms with Crippen molar-refractivity contribution in [2.45, 2.75) is 52.6 Å². The number of amides is 1. The Kier molecular flexibility index (Phi) is 4.71. The Labute approximate surface area is 142 Å². The van der Waals surface area contributed by atoms with Gasteiger partial charge in [0.2, 0.25) is 0 Å². The second kappa shape index (κ2) is 6.77. The molecule has 0 fully saturated rings. The summed E-state index contributed by atoms with van der Waals surface area (Å²) in [5.41, 5.74) is 5.06. The lowest BCUT2D eigenvalue weighted by Gasteiger charge is -2.24. The minimum Gasteiger partial charge on any atom is -0.395 e. The molecule has 3 rings (SSSR count). The zero-order chi connectivity index (χ0) is 17.3. The number of hydrogen-bond acceptors (Lipinski definition) is 3. The highest BCUT2D eigenvalue weighted by atomic mass is 16.3. The number of aromatic nitrogens is 2. The molecule has 0 aliphatic heterocycles. The van der Waals surface area contributed by atoms with E-state index in [4.69, 9.17) is 0 Å². The van der Waals surface area contributed by atoms with Crippen molar-refractivity contribution in [1.29, 1.82) is 0 Å². The van der Waals surface area contributed by atoms with Gasteiger partial charge >= 0.3 is 0 Å². The van der Waals surface area contributed by atoms with Gasteiger partial charge in [0.25, 0.3) is 5.91 Å². The monoisotopic (exact) mass is 327 g/mol. The van der Waals surface area contributed by atoms with E-state index in [1.807, 2.05) is 39.0 Å². The first-order valence-electron chi connectivity index (χ1n) is 8.54. The molecule has 1 atom stereocenters. The van der Waals surface area contributed by atoms with E-state index in [1.165, 1.54) is 5.69 Å². The van der Waals surface area contributed by atoms with Gasteiger partial charge in [-0.2, -0.15) is 0 Å². The number of rotatable bonds is 4. The summed E-state index contributed by atoms with van der Waals surface area (Å²) in [5, 5.41) is 12.4. The van der Waals surface area contributed by atoms with Gasteiger partial charge in [-0.25, -0.2) is 4.98 Å². The Bertz CT molecular complexity index is 744. The molecule has 0 saturated carbocycles. The fourth-order valence-corrected chi connectivity index (χ4v) is 3.71. The first kappa shape index (κ1) is 16.7. The molecule has 1 aromatic carbocycles. The highest BCUT2D eigenvalue weighted by Crippen LogP contribution is 2.23. The number of hydrogen-bond donors (Lipinski definition) is 2. The number of benzene rings is 1. The van der Waals surface area contributed by atoms with Crippen LogP contribution in [0.25, 0.3) is 0 Å². The molecule has 0 saturated heterocycles. The molecule has 2 N–H and O–H groups in total. The Morgan fingerprint density at radius 1 is 1.33 bits per heavy atom. The van der Waals surface area contributed by atoms with Gasteiger partial charge in [0.1, 0.15) is 5.82 Å². The molecule has 1 aliphatic rings. The fourth-order valence-electron chi connectivity index (χ4n) is 3.71. The third-order valence-electron chi connectivity index (χ3n) is 4.88. The van der Waals surface area contributed by atoms with Crippen molar-refractivity contribution in [2.24, 2.45) is 0 Å². The van der Waals surface area contributed by atoms with Crippen LogP contribution in [0, 0.1) is 20.8 Å². The van der Waals surface area contributed by atoms with Crippen molar-refractivity contribution < 1.29 is 9.90 Å². The predicted molar refractivity (Wildman–Crippen MR) is 93.2 cm³/mol. The molecule has 128 valence electrons. The van der Waals surface area contributed by atoms with E-state index >= 15 is 0 Å². The number of carbonyl (C=O) groups is 1. The molecule has 1 aromatic heterocycles. The predicted octanol–water partition coefficient (Wildman–Crippen LogP) is 2.09. The lowest BCUT2D eigenvalue weighted by atomic mass is 9.94. The van der Waals surface area contributed by atoms with Crippen molar-refractivity contribution in [1.82, 2.24) is 14.9 Å². The van der Waals surface area contributed by atoms with Crippen LogP contribution < -0.4 is 5.32 Å². The number of nitrogens with one attached hydrogen (secondary N) is 1. The van der Waals surface area contributed by atoms with Gasteiger partial charge in [-0.1, -0.05) is 18.2 Å². The summed E-state index contributed by atoms with van der Waals surface area (Å²) in [7, 11) is 0. The van der Waals surface area contributed by atoms with Gasteiger partial charge in [-0.05, 0) is 44.7 Å². The van der Waals surface area contributed by atoms with Crippen molar-refractivity contribution in [2.75, 3.05) is 6.61 Å². The Hall–Kier alpha value is -2.14. The molecule has 0 spiro atoms. The van der Waals surface area contributed by atoms with Crippen LogP contribution in [0.5, 0.6) is 0 Å². The van der Waals surface area contributed by atoms with Crippen molar-refractivity contribution in [3.05, 3.63) is 52.1 Å². The zero-order valence-electron chi connectivity index (χ0n) is 14.6. The number of carbonyl (C=O) groups excluding carboxylic acids is 1. The highest BCUT2D eigenvalue weighted by Gasteiger charge is 2.26. The molecular formula is C19H25N3O2. The fraction of sp³-hybridized carbons (Fsp3) is 0.474. The molecule has 5 heteroatoms. The Morgan fingerprint density at radius 3 is 2.71 bits per heavy atom. The van der Waals surface area contributed by atoms with Gasteiger partial charge in [0, 0.05) is 30.3 Å². The van der Waals surface area contributed by atoms with Gasteiger partial charge in [0.05, 0.1) is 12.3 Å². The van der Waals surface area contributed by atoms with Crippen LogP contribution in [-0.4, -0.2) is 33.2 Å². The topological polar surface area (TPSA) is 67.2 Å². The maximum absolute atomic E-state index is 12.7. The summed E-state index contributed by atoms with van der Waals surface area (Å²) in [6.07, 6.45) is 2.54. The second-order valence-corrected chi connectivity index (χ2v) is 6.61. The van der Waals surface area contributed by atoms with Crippen LogP contribution in [-0.2, 0) is 19.4 Å². The quantitative estimate of drug-likeness (QED) is 0.903. The smallest absolute Gasteiger partial charge is 0.252 e. The molecule has 1 heterocycles. The van der Waals surface area contributed by atoms with E-state index in [1.54, 1.807) is 0 Å². The summed E-state index contributed by atoms with van der Waals surface area (Å²) in [4.78, 5) is 17.3. The Balaban J connectivity index is 1.75. The van der Waals surface area contributed by atoms with Crippen molar-refractivity contribution in [3.63, 3.8) is 0 Å². The number of aliphatic hydroxyl groups excluding tert-OH is 1. The van der Waals surface area contributed by atoms with Crippen LogP contribution in [0.3, 0.4) is 0 Å². The SMILES string of the molecule is Cc1cccc(C)c1C(=O)N[C@H]1CCc2c(nc(C)n2CCO)C1. The number of nitrogens with zero attached hydrogens (tertiary/aromatic N) is 2. The van der Waals surface area contributed by atoms with E-state index in [0.29, 0.717) is 6.54 Å². The van der Waals surface area contributed by atoms with E-state index in [0.717, 1.165) is 47.5 Å². The Morgan fingerprint density at radius 2 is 2.04 bits per heavy atom. The van der Waals surface area contributed by atoms with Gasteiger partial charge in [-0.15, -0.1) is 0 Å². The second-order valence-electron chi connectivity index (χ2n) is 6.61. The number of fused-ring (bicyclic) bond motifs is 1. The average Bonchev–Trinajstić information content (AvgIpc) is 2.83. The molecule has 1 amide bonds. The van der Waals surface area contributed by atoms with Crippen LogP contribution >= 0.6 is 0 Å². The van der Waals surface area contributed by atoms with Crippen LogP contribution in [0.4, 0.5) is 0 Å². The molecule has 1 aliphatic carbocycles. The molecule has 0 radical (unpaired) electrons. The maximum Gasteiger partial charge on any atom is 0.252 e. The third-order valence-corrected chi connectivity index (χ3v) is 4.88. The number of aliphatic hydroxyl groups is 1. The first-order chi connectivity index (χ1) is 11.5. The molecule has 0 unspecified atom stereocenters. The van der Waals surface area contributed by atoms with Crippen LogP contribution in [0.1, 0.15) is 45.1 Å². The lowest BCUT2D eigenvalue weighted by Crippen LogP contribution is -2.39. The van der Waals surface area contributed by atoms with Crippen molar-refractivity contribution >= 4 is 5.91 Å². The first-order valence-corrected chi connectivity index (χ1v) is 8.54. The summed E-state index contributed by atoms with van der Waals surface area (Å²) in [6.45, 7) is 6.63.